The van der Waals surface area contributed by atoms with Gasteiger partial charge >= 0.3 is 0 Å². The van der Waals surface area contributed by atoms with Crippen molar-refractivity contribution in [2.24, 2.45) is 4.99 Å². The van der Waals surface area contributed by atoms with Gasteiger partial charge in [0.25, 0.3) is 0 Å². The van der Waals surface area contributed by atoms with Crippen molar-refractivity contribution in [3.63, 3.8) is 0 Å². The van der Waals surface area contributed by atoms with Gasteiger partial charge in [-0.1, -0.05) is 0 Å². The van der Waals surface area contributed by atoms with Crippen LogP contribution in [0.4, 0.5) is 0 Å². The van der Waals surface area contributed by atoms with E-state index < -0.39 is 0 Å². The molecular formula is C18H26N4O2. The van der Waals surface area contributed by atoms with Crippen LogP contribution in [0.3, 0.4) is 0 Å². The zero-order valence-electron chi connectivity index (χ0n) is 14.4. The second kappa shape index (κ2) is 10.4. The number of hydrogen-bond acceptors (Lipinski definition) is 4. The van der Waals surface area contributed by atoms with Crippen LogP contribution in [0.2, 0.25) is 0 Å². The van der Waals surface area contributed by atoms with Crippen molar-refractivity contribution in [2.75, 3.05) is 26.7 Å². The number of furan rings is 1. The summed E-state index contributed by atoms with van der Waals surface area (Å²) in [5.41, 5.74) is 2.52. The molecule has 2 aromatic rings. The van der Waals surface area contributed by atoms with Gasteiger partial charge in [-0.2, -0.15) is 0 Å². The molecule has 0 saturated carbocycles. The Labute approximate surface area is 143 Å². The number of hydrogen-bond donors (Lipinski definition) is 2. The number of aromatic nitrogens is 1. The molecule has 24 heavy (non-hydrogen) atoms. The van der Waals surface area contributed by atoms with Crippen molar-refractivity contribution < 1.29 is 9.15 Å². The second-order valence-corrected chi connectivity index (χ2v) is 5.46. The summed E-state index contributed by atoms with van der Waals surface area (Å²) >= 11 is 0. The van der Waals surface area contributed by atoms with Crippen LogP contribution in [0.5, 0.6) is 0 Å². The first kappa shape index (κ1) is 18.0. The number of rotatable bonds is 9. The predicted molar refractivity (Wildman–Crippen MR) is 95.0 cm³/mol. The van der Waals surface area contributed by atoms with Crippen molar-refractivity contribution >= 4 is 5.96 Å². The van der Waals surface area contributed by atoms with Gasteiger partial charge in [0, 0.05) is 39.1 Å². The van der Waals surface area contributed by atoms with E-state index in [1.807, 2.05) is 24.5 Å². The predicted octanol–water partition coefficient (Wildman–Crippen LogP) is 2.30. The van der Waals surface area contributed by atoms with Gasteiger partial charge in [0.2, 0.25) is 0 Å². The average molecular weight is 330 g/mol. The summed E-state index contributed by atoms with van der Waals surface area (Å²) in [4.78, 5) is 8.34. The third-order valence-electron chi connectivity index (χ3n) is 3.63. The van der Waals surface area contributed by atoms with Crippen LogP contribution in [0, 0.1) is 6.92 Å². The summed E-state index contributed by atoms with van der Waals surface area (Å²) in [6.07, 6.45) is 7.23. The molecule has 0 radical (unpaired) electrons. The largest absolute Gasteiger partial charge is 0.467 e. The molecule has 2 aromatic heterocycles. The Morgan fingerprint density at radius 1 is 1.29 bits per heavy atom. The van der Waals surface area contributed by atoms with Crippen molar-refractivity contribution in [2.45, 2.75) is 26.4 Å². The van der Waals surface area contributed by atoms with E-state index in [0.29, 0.717) is 13.2 Å². The molecule has 0 fully saturated rings. The van der Waals surface area contributed by atoms with Crippen molar-refractivity contribution in [3.05, 3.63) is 53.7 Å². The number of nitrogens with one attached hydrogen (secondary N) is 2. The fourth-order valence-corrected chi connectivity index (χ4v) is 2.27. The lowest BCUT2D eigenvalue weighted by Crippen LogP contribution is -2.39. The van der Waals surface area contributed by atoms with Crippen molar-refractivity contribution in [1.29, 1.82) is 0 Å². The zero-order valence-corrected chi connectivity index (χ0v) is 14.4. The number of nitrogens with zero attached hydrogens (tertiary/aromatic N) is 2. The first-order chi connectivity index (χ1) is 11.8. The highest BCUT2D eigenvalue weighted by Crippen LogP contribution is 2.04. The molecule has 0 aromatic carbocycles. The number of aryl methyl sites for hydroxylation is 1. The SMILES string of the molecule is CN=C(NCCCOCc1ccco1)NCCc1ccncc1C. The Morgan fingerprint density at radius 3 is 2.92 bits per heavy atom. The summed E-state index contributed by atoms with van der Waals surface area (Å²) in [7, 11) is 1.78. The maximum Gasteiger partial charge on any atom is 0.190 e. The molecule has 2 heterocycles. The van der Waals surface area contributed by atoms with Gasteiger partial charge in [-0.15, -0.1) is 0 Å². The van der Waals surface area contributed by atoms with Gasteiger partial charge in [-0.05, 0) is 49.1 Å². The molecule has 0 aliphatic heterocycles. The quantitative estimate of drug-likeness (QED) is 0.419. The second-order valence-electron chi connectivity index (χ2n) is 5.46. The fraction of sp³-hybridized carbons (Fsp3) is 0.444. The minimum atomic E-state index is 0.519. The maximum atomic E-state index is 5.55. The van der Waals surface area contributed by atoms with Crippen LogP contribution in [0.25, 0.3) is 0 Å². The summed E-state index contributed by atoms with van der Waals surface area (Å²) < 4.78 is 10.8. The fourth-order valence-electron chi connectivity index (χ4n) is 2.27. The van der Waals surface area contributed by atoms with Gasteiger partial charge in [0.1, 0.15) is 12.4 Å². The highest BCUT2D eigenvalue weighted by molar-refractivity contribution is 5.79. The summed E-state index contributed by atoms with van der Waals surface area (Å²) in [5, 5.41) is 6.61. The molecule has 0 atom stereocenters. The molecule has 0 aliphatic rings. The minimum absolute atomic E-state index is 0.519. The first-order valence-corrected chi connectivity index (χ1v) is 8.23. The number of guanidine groups is 1. The van der Waals surface area contributed by atoms with Crippen LogP contribution in [-0.4, -0.2) is 37.7 Å². The van der Waals surface area contributed by atoms with E-state index in [2.05, 4.69) is 33.6 Å². The van der Waals surface area contributed by atoms with E-state index in [-0.39, 0.29) is 0 Å². The van der Waals surface area contributed by atoms with E-state index in [1.54, 1.807) is 13.3 Å². The van der Waals surface area contributed by atoms with Gasteiger partial charge in [0.15, 0.2) is 5.96 Å². The molecule has 0 unspecified atom stereocenters. The van der Waals surface area contributed by atoms with Crippen LogP contribution in [-0.2, 0) is 17.8 Å². The lowest BCUT2D eigenvalue weighted by atomic mass is 10.1. The highest BCUT2D eigenvalue weighted by atomic mass is 16.5. The molecule has 130 valence electrons. The van der Waals surface area contributed by atoms with Crippen LogP contribution in [0.1, 0.15) is 23.3 Å². The van der Waals surface area contributed by atoms with Crippen LogP contribution < -0.4 is 10.6 Å². The topological polar surface area (TPSA) is 71.7 Å². The smallest absolute Gasteiger partial charge is 0.190 e. The number of pyridine rings is 1. The summed E-state index contributed by atoms with van der Waals surface area (Å²) in [5.74, 6) is 1.67. The van der Waals surface area contributed by atoms with E-state index >= 15 is 0 Å². The van der Waals surface area contributed by atoms with E-state index in [9.17, 15) is 0 Å². The number of aliphatic imine (C=N–C) groups is 1. The van der Waals surface area contributed by atoms with E-state index in [4.69, 9.17) is 9.15 Å². The monoisotopic (exact) mass is 330 g/mol. The molecule has 0 bridgehead atoms. The standard InChI is InChI=1S/C18H26N4O2/c1-15-13-20-9-6-16(15)7-10-22-18(19-2)21-8-4-11-23-14-17-5-3-12-24-17/h3,5-6,9,12-13H,4,7-8,10-11,14H2,1-2H3,(H2,19,21,22). The molecule has 2 rings (SSSR count). The molecule has 6 nitrogen and oxygen atoms in total. The van der Waals surface area contributed by atoms with E-state index in [1.165, 1.54) is 11.1 Å². The van der Waals surface area contributed by atoms with Gasteiger partial charge < -0.3 is 19.8 Å². The molecule has 0 amide bonds. The molecule has 2 N–H and O–H groups in total. The van der Waals surface area contributed by atoms with E-state index in [0.717, 1.165) is 37.7 Å². The Bertz CT molecular complexity index is 611. The van der Waals surface area contributed by atoms with Gasteiger partial charge in [-0.25, -0.2) is 0 Å². The molecule has 0 saturated heterocycles. The van der Waals surface area contributed by atoms with Gasteiger partial charge in [0.05, 0.1) is 6.26 Å². The van der Waals surface area contributed by atoms with Crippen LogP contribution >= 0.6 is 0 Å². The van der Waals surface area contributed by atoms with Crippen molar-refractivity contribution in [3.8, 4) is 0 Å². The van der Waals surface area contributed by atoms with Crippen LogP contribution in [0.15, 0.2) is 46.3 Å². The molecular weight excluding hydrogens is 304 g/mol. The third-order valence-corrected chi connectivity index (χ3v) is 3.63. The molecule has 0 aliphatic carbocycles. The Balaban J connectivity index is 1.55. The zero-order chi connectivity index (χ0) is 17.0. The lowest BCUT2D eigenvalue weighted by molar-refractivity contribution is 0.105. The minimum Gasteiger partial charge on any atom is -0.467 e. The number of ether oxygens (including phenoxy) is 1. The van der Waals surface area contributed by atoms with Crippen molar-refractivity contribution in [1.82, 2.24) is 15.6 Å². The average Bonchev–Trinajstić information content (AvgIpc) is 3.11. The molecule has 6 heteroatoms. The Kier molecular flexibility index (Phi) is 7.83. The normalized spacial score (nSPS) is 11.5. The highest BCUT2D eigenvalue weighted by Gasteiger charge is 2.00. The maximum absolute atomic E-state index is 5.55. The Morgan fingerprint density at radius 2 is 2.17 bits per heavy atom. The summed E-state index contributed by atoms with van der Waals surface area (Å²) in [6, 6.07) is 5.83. The first-order valence-electron chi connectivity index (χ1n) is 8.23. The summed E-state index contributed by atoms with van der Waals surface area (Å²) in [6.45, 7) is 4.93. The Hall–Kier alpha value is -2.34. The third kappa shape index (κ3) is 6.42. The lowest BCUT2D eigenvalue weighted by Gasteiger charge is -2.12. The van der Waals surface area contributed by atoms with Gasteiger partial charge in [-0.3, -0.25) is 9.98 Å². The molecule has 0 spiro atoms.